The minimum Gasteiger partial charge on any atom is -0.486 e. The fraction of sp³-hybridized carbons (Fsp3) is 0.467. The smallest absolute Gasteiger partial charge is 0.229 e. The molecule has 0 aliphatic carbocycles. The van der Waals surface area contributed by atoms with Gasteiger partial charge >= 0.3 is 0 Å². The summed E-state index contributed by atoms with van der Waals surface area (Å²) in [5.41, 5.74) is 0.967. The Morgan fingerprint density at radius 3 is 2.48 bits per heavy atom. The number of carbonyl (C=O) groups is 2. The van der Waals surface area contributed by atoms with Crippen LogP contribution in [0, 0.1) is 0 Å². The number of fused-ring (bicyclic) bond motifs is 1. The van der Waals surface area contributed by atoms with Crippen LogP contribution in [0.1, 0.15) is 24.4 Å². The molecule has 1 saturated heterocycles. The van der Waals surface area contributed by atoms with Gasteiger partial charge in [0.1, 0.15) is 13.2 Å². The summed E-state index contributed by atoms with van der Waals surface area (Å²) in [4.78, 5) is 24.8. The first kappa shape index (κ1) is 13.9. The van der Waals surface area contributed by atoms with Gasteiger partial charge in [-0.2, -0.15) is 0 Å². The quantitative estimate of drug-likeness (QED) is 0.833. The number of likely N-dealkylation sites (tertiary alicyclic amines) is 1. The molecule has 1 atom stereocenters. The van der Waals surface area contributed by atoms with Gasteiger partial charge in [0.2, 0.25) is 11.8 Å². The summed E-state index contributed by atoms with van der Waals surface area (Å²) in [6.07, 6.45) is 0.632. The molecule has 1 unspecified atom stereocenters. The minimum absolute atomic E-state index is 0.0993. The molecule has 112 valence electrons. The zero-order valence-electron chi connectivity index (χ0n) is 11.9. The maximum atomic E-state index is 11.7. The van der Waals surface area contributed by atoms with Crippen LogP contribution in [-0.2, 0) is 9.59 Å². The molecule has 2 amide bonds. The third-order valence-electron chi connectivity index (χ3n) is 3.84. The number of nitrogens with one attached hydrogen (secondary N) is 1. The molecule has 2 aliphatic rings. The van der Waals surface area contributed by atoms with E-state index in [9.17, 15) is 9.59 Å². The van der Waals surface area contributed by atoms with Crippen molar-refractivity contribution in [2.45, 2.75) is 18.9 Å². The molecule has 21 heavy (non-hydrogen) atoms. The van der Waals surface area contributed by atoms with Gasteiger partial charge in [-0.05, 0) is 24.7 Å². The highest BCUT2D eigenvalue weighted by Gasteiger charge is 2.31. The second-order valence-corrected chi connectivity index (χ2v) is 5.14. The highest BCUT2D eigenvalue weighted by atomic mass is 16.6. The van der Waals surface area contributed by atoms with E-state index in [-0.39, 0.29) is 17.9 Å². The van der Waals surface area contributed by atoms with Crippen molar-refractivity contribution < 1.29 is 19.1 Å². The molecule has 1 aromatic rings. The summed E-state index contributed by atoms with van der Waals surface area (Å²) in [6.45, 7) is 1.43. The molecule has 3 rings (SSSR count). The second kappa shape index (κ2) is 5.73. The number of amides is 2. The van der Waals surface area contributed by atoms with Gasteiger partial charge < -0.3 is 14.8 Å². The number of carbonyl (C=O) groups excluding carboxylic acids is 2. The van der Waals surface area contributed by atoms with Crippen molar-refractivity contribution >= 4 is 11.8 Å². The van der Waals surface area contributed by atoms with E-state index in [0.717, 1.165) is 11.3 Å². The van der Waals surface area contributed by atoms with Crippen LogP contribution in [0.2, 0.25) is 0 Å². The zero-order chi connectivity index (χ0) is 14.8. The molecule has 2 aliphatic heterocycles. The lowest BCUT2D eigenvalue weighted by Crippen LogP contribution is -2.37. The van der Waals surface area contributed by atoms with Crippen molar-refractivity contribution in [1.29, 1.82) is 0 Å². The summed E-state index contributed by atoms with van der Waals surface area (Å²) in [6, 6.07) is 5.58. The Balaban J connectivity index is 1.79. The lowest BCUT2D eigenvalue weighted by atomic mass is 10.1. The standard InChI is InChI=1S/C15H18N2O4/c1-16-11(9-17-14(18)4-5-15(17)19)10-2-3-12-13(8-10)21-7-6-20-12/h2-3,8,11,16H,4-7,9H2,1H3. The molecule has 6 nitrogen and oxygen atoms in total. The third-order valence-corrected chi connectivity index (χ3v) is 3.84. The predicted molar refractivity (Wildman–Crippen MR) is 75.2 cm³/mol. The summed E-state index contributed by atoms with van der Waals surface area (Å²) in [5.74, 6) is 1.24. The first-order chi connectivity index (χ1) is 10.2. The van der Waals surface area contributed by atoms with Crippen molar-refractivity contribution in [3.05, 3.63) is 23.8 Å². The Kier molecular flexibility index (Phi) is 3.79. The molecule has 1 fully saturated rings. The van der Waals surface area contributed by atoms with Gasteiger partial charge in [-0.15, -0.1) is 0 Å². The molecule has 0 saturated carbocycles. The van der Waals surface area contributed by atoms with Gasteiger partial charge in [-0.3, -0.25) is 14.5 Å². The third kappa shape index (κ3) is 2.71. The summed E-state index contributed by atoms with van der Waals surface area (Å²) >= 11 is 0. The molecule has 0 spiro atoms. The first-order valence-electron chi connectivity index (χ1n) is 7.09. The Hall–Kier alpha value is -2.08. The molecule has 1 aromatic carbocycles. The monoisotopic (exact) mass is 290 g/mol. The van der Waals surface area contributed by atoms with Gasteiger partial charge in [-0.1, -0.05) is 6.07 Å². The van der Waals surface area contributed by atoms with Gasteiger partial charge in [0.25, 0.3) is 0 Å². The molecular weight excluding hydrogens is 272 g/mol. The molecular formula is C15H18N2O4. The Bertz CT molecular complexity index is 557. The van der Waals surface area contributed by atoms with Crippen LogP contribution in [0.3, 0.4) is 0 Å². The van der Waals surface area contributed by atoms with Crippen LogP contribution in [0.4, 0.5) is 0 Å². The number of hydrogen-bond acceptors (Lipinski definition) is 5. The maximum Gasteiger partial charge on any atom is 0.229 e. The van der Waals surface area contributed by atoms with E-state index in [1.807, 2.05) is 25.2 Å². The first-order valence-corrected chi connectivity index (χ1v) is 7.09. The lowest BCUT2D eigenvalue weighted by molar-refractivity contribution is -0.138. The number of hydrogen-bond donors (Lipinski definition) is 1. The van der Waals surface area contributed by atoms with Crippen LogP contribution >= 0.6 is 0 Å². The van der Waals surface area contributed by atoms with E-state index >= 15 is 0 Å². The largest absolute Gasteiger partial charge is 0.486 e. The van der Waals surface area contributed by atoms with Crippen LogP contribution in [0.5, 0.6) is 11.5 Å². The predicted octanol–water partition coefficient (Wildman–Crippen LogP) is 0.867. The molecule has 6 heteroatoms. The topological polar surface area (TPSA) is 67.9 Å². The number of nitrogens with zero attached hydrogens (tertiary/aromatic N) is 1. The zero-order valence-corrected chi connectivity index (χ0v) is 11.9. The van der Waals surface area contributed by atoms with Crippen molar-refractivity contribution in [3.8, 4) is 11.5 Å². The van der Waals surface area contributed by atoms with E-state index in [0.29, 0.717) is 38.3 Å². The van der Waals surface area contributed by atoms with Crippen molar-refractivity contribution in [2.75, 3.05) is 26.8 Å². The normalized spacial score (nSPS) is 19.0. The van der Waals surface area contributed by atoms with E-state index < -0.39 is 0 Å². The van der Waals surface area contributed by atoms with Crippen molar-refractivity contribution in [3.63, 3.8) is 0 Å². The highest BCUT2D eigenvalue weighted by Crippen LogP contribution is 2.33. The molecule has 0 bridgehead atoms. The minimum atomic E-state index is -0.119. The highest BCUT2D eigenvalue weighted by molar-refractivity contribution is 6.01. The van der Waals surface area contributed by atoms with E-state index in [4.69, 9.17) is 9.47 Å². The average molecular weight is 290 g/mol. The number of imide groups is 1. The Labute approximate surface area is 123 Å². The number of benzene rings is 1. The van der Waals surface area contributed by atoms with E-state index in [1.54, 1.807) is 0 Å². The van der Waals surface area contributed by atoms with Crippen LogP contribution in [-0.4, -0.2) is 43.5 Å². The fourth-order valence-electron chi connectivity index (χ4n) is 2.65. The average Bonchev–Trinajstić information content (AvgIpc) is 2.83. The molecule has 0 aromatic heterocycles. The van der Waals surface area contributed by atoms with Gasteiger partial charge in [-0.25, -0.2) is 0 Å². The lowest BCUT2D eigenvalue weighted by Gasteiger charge is -2.24. The van der Waals surface area contributed by atoms with Gasteiger partial charge in [0.05, 0.1) is 6.04 Å². The van der Waals surface area contributed by atoms with Gasteiger partial charge in [0.15, 0.2) is 11.5 Å². The maximum absolute atomic E-state index is 11.7. The number of likely N-dealkylation sites (N-methyl/N-ethyl adjacent to an activating group) is 1. The Morgan fingerprint density at radius 1 is 1.14 bits per heavy atom. The van der Waals surface area contributed by atoms with Crippen molar-refractivity contribution in [2.24, 2.45) is 0 Å². The summed E-state index contributed by atoms with van der Waals surface area (Å²) in [7, 11) is 1.81. The van der Waals surface area contributed by atoms with E-state index in [2.05, 4.69) is 5.32 Å². The molecule has 2 heterocycles. The van der Waals surface area contributed by atoms with Gasteiger partial charge in [0, 0.05) is 19.4 Å². The summed E-state index contributed by atoms with van der Waals surface area (Å²) < 4.78 is 11.1. The number of rotatable bonds is 4. The molecule has 1 N–H and O–H groups in total. The van der Waals surface area contributed by atoms with Crippen molar-refractivity contribution in [1.82, 2.24) is 10.2 Å². The van der Waals surface area contributed by atoms with Crippen LogP contribution in [0.25, 0.3) is 0 Å². The van der Waals surface area contributed by atoms with E-state index in [1.165, 1.54) is 4.90 Å². The van der Waals surface area contributed by atoms with Crippen LogP contribution in [0.15, 0.2) is 18.2 Å². The SMILES string of the molecule is CNC(CN1C(=O)CCC1=O)c1ccc2c(c1)OCCO2. The number of ether oxygens (including phenoxy) is 2. The summed E-state index contributed by atoms with van der Waals surface area (Å²) in [5, 5.41) is 3.15. The Morgan fingerprint density at radius 2 is 1.81 bits per heavy atom. The second-order valence-electron chi connectivity index (χ2n) is 5.14. The molecule has 0 radical (unpaired) electrons. The van der Waals surface area contributed by atoms with Crippen LogP contribution < -0.4 is 14.8 Å². The fourth-order valence-corrected chi connectivity index (χ4v) is 2.65.